The molecule has 8 heteroatoms. The molecule has 0 aromatic heterocycles. The van der Waals surface area contributed by atoms with E-state index in [-0.39, 0.29) is 56.8 Å². The van der Waals surface area contributed by atoms with Crippen molar-refractivity contribution in [3.8, 4) is 0 Å². The van der Waals surface area contributed by atoms with Crippen LogP contribution in [0.2, 0.25) is 0 Å². The molecule has 182 valence electrons. The minimum Gasteiger partial charge on any atom is -0.398 e. The third-order valence-electron chi connectivity index (χ3n) is 6.79. The van der Waals surface area contributed by atoms with E-state index in [1.165, 1.54) is 12.4 Å². The summed E-state index contributed by atoms with van der Waals surface area (Å²) >= 11 is 0. The van der Waals surface area contributed by atoms with E-state index in [0.717, 1.165) is 0 Å². The number of nitrogen functional groups attached to an aromatic ring is 2. The summed E-state index contributed by atoms with van der Waals surface area (Å²) in [6.07, 6.45) is 2.73. The SMILES string of the molecule is Nc1c(/C=N\N=C\c2ccc3c(c2N)C(=O)c2ccccc2C3=O)ccc2c1C(=O)c1ccccc1C2=O. The first-order chi connectivity index (χ1) is 18.4. The van der Waals surface area contributed by atoms with Crippen LogP contribution in [0.25, 0.3) is 0 Å². The monoisotopic (exact) mass is 498 g/mol. The van der Waals surface area contributed by atoms with E-state index in [0.29, 0.717) is 33.4 Å². The van der Waals surface area contributed by atoms with Crippen LogP contribution < -0.4 is 11.5 Å². The van der Waals surface area contributed by atoms with E-state index in [2.05, 4.69) is 10.2 Å². The van der Waals surface area contributed by atoms with Crippen molar-refractivity contribution < 1.29 is 19.2 Å². The molecule has 0 atom stereocenters. The van der Waals surface area contributed by atoms with Crippen LogP contribution in [0.3, 0.4) is 0 Å². The Balaban J connectivity index is 1.30. The highest BCUT2D eigenvalue weighted by molar-refractivity contribution is 6.31. The van der Waals surface area contributed by atoms with Gasteiger partial charge in [0, 0.05) is 44.5 Å². The second-order valence-corrected chi connectivity index (χ2v) is 8.88. The van der Waals surface area contributed by atoms with Gasteiger partial charge in [-0.05, 0) is 12.1 Å². The number of hydrogen-bond donors (Lipinski definition) is 2. The lowest BCUT2D eigenvalue weighted by Gasteiger charge is -2.19. The Labute approximate surface area is 216 Å². The van der Waals surface area contributed by atoms with E-state index in [1.54, 1.807) is 72.8 Å². The summed E-state index contributed by atoms with van der Waals surface area (Å²) in [5, 5.41) is 8.04. The van der Waals surface area contributed by atoms with Gasteiger partial charge in [-0.3, -0.25) is 19.2 Å². The molecule has 0 saturated heterocycles. The molecule has 8 nitrogen and oxygen atoms in total. The first kappa shape index (κ1) is 22.9. The fourth-order valence-corrected chi connectivity index (χ4v) is 4.87. The van der Waals surface area contributed by atoms with Crippen molar-refractivity contribution in [2.45, 2.75) is 0 Å². The minimum atomic E-state index is -0.325. The van der Waals surface area contributed by atoms with Crippen LogP contribution in [0.15, 0.2) is 83.0 Å². The lowest BCUT2D eigenvalue weighted by molar-refractivity contribution is 0.0979. The molecule has 0 spiro atoms. The summed E-state index contributed by atoms with van der Waals surface area (Å²) in [4.78, 5) is 51.8. The van der Waals surface area contributed by atoms with Gasteiger partial charge in [0.25, 0.3) is 0 Å². The van der Waals surface area contributed by atoms with Crippen molar-refractivity contribution in [3.63, 3.8) is 0 Å². The van der Waals surface area contributed by atoms with Crippen molar-refractivity contribution in [3.05, 3.63) is 128 Å². The number of rotatable bonds is 3. The molecule has 0 radical (unpaired) electrons. The summed E-state index contributed by atoms with van der Waals surface area (Å²) < 4.78 is 0. The number of ketones is 4. The van der Waals surface area contributed by atoms with Gasteiger partial charge in [0.1, 0.15) is 0 Å². The number of hydrogen-bond acceptors (Lipinski definition) is 8. The van der Waals surface area contributed by atoms with Crippen LogP contribution in [0, 0.1) is 0 Å². The third-order valence-corrected chi connectivity index (χ3v) is 6.79. The molecule has 0 unspecified atom stereocenters. The summed E-state index contributed by atoms with van der Waals surface area (Å²) in [7, 11) is 0. The largest absolute Gasteiger partial charge is 0.398 e. The second-order valence-electron chi connectivity index (χ2n) is 8.88. The molecule has 38 heavy (non-hydrogen) atoms. The summed E-state index contributed by atoms with van der Waals surface area (Å²) in [6, 6.07) is 19.5. The van der Waals surface area contributed by atoms with Gasteiger partial charge < -0.3 is 11.5 Å². The first-order valence-electron chi connectivity index (χ1n) is 11.7. The number of nitrogens with two attached hydrogens (primary N) is 2. The molecule has 4 aromatic rings. The molecular weight excluding hydrogens is 480 g/mol. The van der Waals surface area contributed by atoms with Gasteiger partial charge in [-0.1, -0.05) is 60.7 Å². The molecule has 0 aliphatic heterocycles. The molecular formula is C30H18N4O4. The molecule has 2 aliphatic carbocycles. The molecule has 2 aliphatic rings. The zero-order valence-electron chi connectivity index (χ0n) is 19.8. The zero-order valence-corrected chi connectivity index (χ0v) is 19.8. The Hall–Kier alpha value is -5.50. The normalized spacial score (nSPS) is 14.0. The van der Waals surface area contributed by atoms with Crippen LogP contribution in [-0.4, -0.2) is 35.6 Å². The van der Waals surface area contributed by atoms with Crippen LogP contribution in [0.5, 0.6) is 0 Å². The average molecular weight is 498 g/mol. The van der Waals surface area contributed by atoms with Gasteiger partial charge >= 0.3 is 0 Å². The topological polar surface area (TPSA) is 145 Å². The molecule has 0 saturated carbocycles. The van der Waals surface area contributed by atoms with Crippen LogP contribution in [0.4, 0.5) is 11.4 Å². The lowest BCUT2D eigenvalue weighted by atomic mass is 9.82. The highest BCUT2D eigenvalue weighted by atomic mass is 16.1. The smallest absolute Gasteiger partial charge is 0.196 e. The maximum atomic E-state index is 13.1. The van der Waals surface area contributed by atoms with Crippen LogP contribution in [0.1, 0.15) is 74.8 Å². The molecule has 4 N–H and O–H groups in total. The maximum absolute atomic E-state index is 13.1. The number of benzene rings is 4. The van der Waals surface area contributed by atoms with Crippen molar-refractivity contribution in [1.29, 1.82) is 0 Å². The standard InChI is InChI=1S/C30H18N4O4/c31-25-15(9-11-21-23(25)29(37)19-7-3-1-5-17(19)27(21)35)13-33-34-14-16-10-12-22-24(26(16)32)30(38)20-8-4-2-6-18(20)28(22)36/h1-14H,31-32H2/b33-13-,34-14+. The Morgan fingerprint density at radius 3 is 1.16 bits per heavy atom. The molecule has 0 fully saturated rings. The van der Waals surface area contributed by atoms with Gasteiger partial charge in [0.15, 0.2) is 23.1 Å². The summed E-state index contributed by atoms with van der Waals surface area (Å²) in [5.74, 6) is -1.17. The van der Waals surface area contributed by atoms with Gasteiger partial charge in [-0.15, -0.1) is 0 Å². The zero-order chi connectivity index (χ0) is 26.6. The Bertz CT molecular complexity index is 1680. The lowest BCUT2D eigenvalue weighted by Crippen LogP contribution is -2.23. The minimum absolute atomic E-state index is 0.130. The van der Waals surface area contributed by atoms with E-state index < -0.39 is 0 Å². The second kappa shape index (κ2) is 8.56. The van der Waals surface area contributed by atoms with E-state index >= 15 is 0 Å². The van der Waals surface area contributed by atoms with Crippen LogP contribution in [-0.2, 0) is 0 Å². The number of carbonyl (C=O) groups excluding carboxylic acids is 4. The van der Waals surface area contributed by atoms with Gasteiger partial charge in [-0.25, -0.2) is 0 Å². The van der Waals surface area contributed by atoms with Crippen molar-refractivity contribution in [1.82, 2.24) is 0 Å². The number of nitrogens with zero attached hydrogens (tertiary/aromatic N) is 2. The predicted molar refractivity (Wildman–Crippen MR) is 144 cm³/mol. The fourth-order valence-electron chi connectivity index (χ4n) is 4.87. The Morgan fingerprint density at radius 2 is 0.789 bits per heavy atom. The maximum Gasteiger partial charge on any atom is 0.196 e. The number of fused-ring (bicyclic) bond motifs is 4. The van der Waals surface area contributed by atoms with Gasteiger partial charge in [0.2, 0.25) is 0 Å². The average Bonchev–Trinajstić information content (AvgIpc) is 2.94. The van der Waals surface area contributed by atoms with Gasteiger partial charge in [-0.2, -0.15) is 10.2 Å². The van der Waals surface area contributed by atoms with Crippen molar-refractivity contribution in [2.24, 2.45) is 10.2 Å². The molecule has 0 amide bonds. The van der Waals surface area contributed by atoms with Gasteiger partial charge in [0.05, 0.1) is 34.9 Å². The third kappa shape index (κ3) is 3.31. The first-order valence-corrected chi connectivity index (χ1v) is 11.7. The number of anilines is 2. The molecule has 0 bridgehead atoms. The number of carbonyl (C=O) groups is 4. The molecule has 4 aromatic carbocycles. The Kier molecular flexibility index (Phi) is 5.17. The summed E-state index contributed by atoms with van der Waals surface area (Å²) in [5.41, 5.74) is 15.7. The molecule has 0 heterocycles. The van der Waals surface area contributed by atoms with E-state index in [9.17, 15) is 19.2 Å². The predicted octanol–water partition coefficient (Wildman–Crippen LogP) is 3.85. The van der Waals surface area contributed by atoms with E-state index in [4.69, 9.17) is 11.5 Å². The fraction of sp³-hybridized carbons (Fsp3) is 0. The summed E-state index contributed by atoms with van der Waals surface area (Å²) in [6.45, 7) is 0. The highest BCUT2D eigenvalue weighted by Gasteiger charge is 2.32. The highest BCUT2D eigenvalue weighted by Crippen LogP contribution is 2.33. The molecule has 6 rings (SSSR count). The quantitative estimate of drug-likeness (QED) is 0.215. The van der Waals surface area contributed by atoms with Crippen LogP contribution >= 0.6 is 0 Å². The van der Waals surface area contributed by atoms with Crippen molar-refractivity contribution in [2.75, 3.05) is 11.5 Å². The Morgan fingerprint density at radius 1 is 0.447 bits per heavy atom. The van der Waals surface area contributed by atoms with E-state index in [1.807, 2.05) is 0 Å². The van der Waals surface area contributed by atoms with Crippen molar-refractivity contribution >= 4 is 46.9 Å².